The van der Waals surface area contributed by atoms with Crippen molar-refractivity contribution in [3.05, 3.63) is 23.8 Å². The van der Waals surface area contributed by atoms with Gasteiger partial charge in [-0.1, -0.05) is 6.92 Å². The molecule has 0 N–H and O–H groups in total. The van der Waals surface area contributed by atoms with E-state index in [1.54, 1.807) is 12.4 Å². The van der Waals surface area contributed by atoms with Crippen molar-refractivity contribution in [3.8, 4) is 0 Å². The summed E-state index contributed by atoms with van der Waals surface area (Å²) in [7, 11) is 0. The van der Waals surface area contributed by atoms with Gasteiger partial charge in [-0.2, -0.15) is 0 Å². The molecule has 2 rings (SSSR count). The van der Waals surface area contributed by atoms with Crippen LogP contribution in [0, 0.1) is 0 Å². The number of nitrogens with zero attached hydrogens (tertiary/aromatic N) is 2. The molecule has 68 valence electrons. The predicted molar refractivity (Wildman–Crippen MR) is 48.4 cm³/mol. The molecular formula is C10H12N2O. The Kier molecular flexibility index (Phi) is 1.87. The van der Waals surface area contributed by atoms with Crippen molar-refractivity contribution >= 4 is 6.29 Å². The number of rotatable bonds is 3. The molecule has 0 radical (unpaired) electrons. The van der Waals surface area contributed by atoms with E-state index >= 15 is 0 Å². The van der Waals surface area contributed by atoms with E-state index in [2.05, 4.69) is 16.9 Å². The summed E-state index contributed by atoms with van der Waals surface area (Å²) >= 11 is 0. The average Bonchev–Trinajstić information content (AvgIpc) is 2.87. The smallest absolute Gasteiger partial charge is 0.134 e. The van der Waals surface area contributed by atoms with E-state index in [1.165, 1.54) is 12.8 Å². The van der Waals surface area contributed by atoms with Gasteiger partial charge in [0.05, 0.1) is 0 Å². The van der Waals surface area contributed by atoms with Gasteiger partial charge in [-0.15, -0.1) is 0 Å². The normalized spacial score (nSPS) is 18.2. The van der Waals surface area contributed by atoms with Gasteiger partial charge in [0, 0.05) is 24.2 Å². The van der Waals surface area contributed by atoms with Crippen molar-refractivity contribution in [2.45, 2.75) is 31.6 Å². The van der Waals surface area contributed by atoms with Gasteiger partial charge in [0.2, 0.25) is 0 Å². The molecule has 0 aliphatic heterocycles. The predicted octanol–water partition coefficient (Wildman–Crippen LogP) is 1.27. The van der Waals surface area contributed by atoms with Crippen LogP contribution in [-0.2, 0) is 16.6 Å². The Hall–Kier alpha value is -1.25. The second-order valence-corrected chi connectivity index (χ2v) is 3.85. The molecule has 1 aromatic rings. The van der Waals surface area contributed by atoms with Crippen LogP contribution in [0.3, 0.4) is 0 Å². The Morgan fingerprint density at radius 1 is 1.46 bits per heavy atom. The van der Waals surface area contributed by atoms with Crippen LogP contribution >= 0.6 is 0 Å². The first-order valence-corrected chi connectivity index (χ1v) is 4.50. The van der Waals surface area contributed by atoms with Gasteiger partial charge in [0.15, 0.2) is 0 Å². The van der Waals surface area contributed by atoms with Gasteiger partial charge in [0.1, 0.15) is 12.1 Å². The molecular weight excluding hydrogens is 164 g/mol. The molecule has 3 heteroatoms. The number of aromatic nitrogens is 2. The van der Waals surface area contributed by atoms with E-state index in [0.717, 1.165) is 17.7 Å². The summed E-state index contributed by atoms with van der Waals surface area (Å²) in [6.45, 7) is 2.17. The zero-order chi connectivity index (χ0) is 9.31. The molecule has 0 atom stereocenters. The first-order chi connectivity index (χ1) is 6.24. The minimum Gasteiger partial charge on any atom is -0.303 e. The summed E-state index contributed by atoms with van der Waals surface area (Å²) in [5.74, 6) is 0.919. The van der Waals surface area contributed by atoms with Crippen molar-refractivity contribution in [2.75, 3.05) is 0 Å². The molecule has 1 fully saturated rings. The van der Waals surface area contributed by atoms with E-state index in [1.807, 2.05) is 0 Å². The molecule has 3 nitrogen and oxygen atoms in total. The van der Waals surface area contributed by atoms with E-state index < -0.39 is 0 Å². The third-order valence-electron chi connectivity index (χ3n) is 2.56. The standard InChI is InChI=1S/C10H12N2O/c1-10(3-4-10)9-11-6-8(2-5-13)7-12-9/h5-7H,2-4H2,1H3. The second-order valence-electron chi connectivity index (χ2n) is 3.85. The third kappa shape index (κ3) is 1.59. The summed E-state index contributed by atoms with van der Waals surface area (Å²) < 4.78 is 0. The molecule has 1 saturated carbocycles. The van der Waals surface area contributed by atoms with Crippen molar-refractivity contribution in [3.63, 3.8) is 0 Å². The summed E-state index contributed by atoms with van der Waals surface area (Å²) in [6.07, 6.45) is 7.15. The number of carbonyl (C=O) groups is 1. The Balaban J connectivity index is 2.18. The van der Waals surface area contributed by atoms with Crippen LogP contribution in [-0.4, -0.2) is 16.3 Å². The highest BCUT2D eigenvalue weighted by Crippen LogP contribution is 2.45. The van der Waals surface area contributed by atoms with Gasteiger partial charge in [-0.25, -0.2) is 9.97 Å². The maximum atomic E-state index is 10.2. The molecule has 0 bridgehead atoms. The minimum absolute atomic E-state index is 0.222. The van der Waals surface area contributed by atoms with Gasteiger partial charge < -0.3 is 4.79 Å². The van der Waals surface area contributed by atoms with Crippen LogP contribution in [0.15, 0.2) is 12.4 Å². The molecule has 0 saturated heterocycles. The molecule has 1 aliphatic rings. The molecule has 0 amide bonds. The van der Waals surface area contributed by atoms with Gasteiger partial charge >= 0.3 is 0 Å². The number of aldehydes is 1. The van der Waals surface area contributed by atoms with Crippen molar-refractivity contribution in [1.82, 2.24) is 9.97 Å². The van der Waals surface area contributed by atoms with E-state index in [0.29, 0.717) is 6.42 Å². The van der Waals surface area contributed by atoms with Crippen LogP contribution in [0.2, 0.25) is 0 Å². The lowest BCUT2D eigenvalue weighted by molar-refractivity contribution is -0.107. The third-order valence-corrected chi connectivity index (χ3v) is 2.56. The largest absolute Gasteiger partial charge is 0.303 e. The Morgan fingerprint density at radius 3 is 2.54 bits per heavy atom. The number of hydrogen-bond acceptors (Lipinski definition) is 3. The minimum atomic E-state index is 0.222. The summed E-state index contributed by atoms with van der Waals surface area (Å²) in [5, 5.41) is 0. The number of carbonyl (C=O) groups excluding carboxylic acids is 1. The highest BCUT2D eigenvalue weighted by molar-refractivity contribution is 5.54. The summed E-state index contributed by atoms with van der Waals surface area (Å²) in [4.78, 5) is 18.7. The molecule has 1 aromatic heterocycles. The van der Waals surface area contributed by atoms with Crippen LogP contribution in [0.1, 0.15) is 31.2 Å². The topological polar surface area (TPSA) is 42.9 Å². The first-order valence-electron chi connectivity index (χ1n) is 4.50. The number of hydrogen-bond donors (Lipinski definition) is 0. The van der Waals surface area contributed by atoms with E-state index in [-0.39, 0.29) is 5.41 Å². The lowest BCUT2D eigenvalue weighted by Gasteiger charge is -2.05. The van der Waals surface area contributed by atoms with Crippen molar-refractivity contribution < 1.29 is 4.79 Å². The van der Waals surface area contributed by atoms with Crippen LogP contribution in [0.25, 0.3) is 0 Å². The maximum Gasteiger partial charge on any atom is 0.134 e. The summed E-state index contributed by atoms with van der Waals surface area (Å²) in [5.41, 5.74) is 1.11. The van der Waals surface area contributed by atoms with Crippen molar-refractivity contribution in [2.24, 2.45) is 0 Å². The molecule has 0 unspecified atom stereocenters. The van der Waals surface area contributed by atoms with Crippen LogP contribution in [0.5, 0.6) is 0 Å². The zero-order valence-corrected chi connectivity index (χ0v) is 7.66. The molecule has 0 spiro atoms. The fourth-order valence-corrected chi connectivity index (χ4v) is 1.28. The molecule has 13 heavy (non-hydrogen) atoms. The first kappa shape index (κ1) is 8.35. The fraction of sp³-hybridized carbons (Fsp3) is 0.500. The monoisotopic (exact) mass is 176 g/mol. The van der Waals surface area contributed by atoms with Gasteiger partial charge in [-0.05, 0) is 18.4 Å². The lowest BCUT2D eigenvalue weighted by Crippen LogP contribution is -2.06. The Labute approximate surface area is 77.2 Å². The van der Waals surface area contributed by atoms with Crippen LogP contribution in [0.4, 0.5) is 0 Å². The molecule has 1 aliphatic carbocycles. The van der Waals surface area contributed by atoms with E-state index in [4.69, 9.17) is 0 Å². The Bertz CT molecular complexity index is 314. The fourth-order valence-electron chi connectivity index (χ4n) is 1.28. The molecule has 1 heterocycles. The SMILES string of the molecule is CC1(c2ncc(CC=O)cn2)CC1. The van der Waals surface area contributed by atoms with E-state index in [9.17, 15) is 4.79 Å². The maximum absolute atomic E-state index is 10.2. The second kappa shape index (κ2) is 2.91. The van der Waals surface area contributed by atoms with Crippen LogP contribution < -0.4 is 0 Å². The zero-order valence-electron chi connectivity index (χ0n) is 7.66. The van der Waals surface area contributed by atoms with Gasteiger partial charge in [0.25, 0.3) is 0 Å². The molecule has 0 aromatic carbocycles. The average molecular weight is 176 g/mol. The highest BCUT2D eigenvalue weighted by atomic mass is 16.1. The van der Waals surface area contributed by atoms with Crippen molar-refractivity contribution in [1.29, 1.82) is 0 Å². The Morgan fingerprint density at radius 2 is 2.08 bits per heavy atom. The highest BCUT2D eigenvalue weighted by Gasteiger charge is 2.41. The summed E-state index contributed by atoms with van der Waals surface area (Å²) in [6, 6.07) is 0. The quantitative estimate of drug-likeness (QED) is 0.651. The lowest BCUT2D eigenvalue weighted by atomic mass is 10.1. The van der Waals surface area contributed by atoms with Gasteiger partial charge in [-0.3, -0.25) is 0 Å².